The summed E-state index contributed by atoms with van der Waals surface area (Å²) in [6, 6.07) is 10.8. The molecule has 2 aromatic rings. The largest absolute Gasteiger partial charge is 0.354 e. The number of rotatable bonds is 8. The van der Waals surface area contributed by atoms with Gasteiger partial charge in [0.15, 0.2) is 0 Å². The van der Waals surface area contributed by atoms with Gasteiger partial charge in [0.2, 0.25) is 11.8 Å². The van der Waals surface area contributed by atoms with Crippen LogP contribution in [-0.2, 0) is 22.6 Å². The second kappa shape index (κ2) is 9.97. The third kappa shape index (κ3) is 6.44. The van der Waals surface area contributed by atoms with Gasteiger partial charge in [-0.2, -0.15) is 0 Å². The molecule has 1 unspecified atom stereocenters. The van der Waals surface area contributed by atoms with Crippen LogP contribution in [0.4, 0.5) is 8.78 Å². The molecule has 0 saturated carbocycles. The first-order valence-corrected chi connectivity index (χ1v) is 9.32. The summed E-state index contributed by atoms with van der Waals surface area (Å²) in [5.74, 6) is -0.959. The zero-order valence-electron chi connectivity index (χ0n) is 16.4. The Morgan fingerprint density at radius 3 is 1.89 bits per heavy atom. The van der Waals surface area contributed by atoms with E-state index in [0.29, 0.717) is 12.1 Å². The van der Waals surface area contributed by atoms with Crippen molar-refractivity contribution < 1.29 is 18.4 Å². The van der Waals surface area contributed by atoms with Crippen LogP contribution in [0, 0.1) is 17.6 Å². The van der Waals surface area contributed by atoms with Gasteiger partial charge in [-0.25, -0.2) is 8.78 Å². The van der Waals surface area contributed by atoms with Gasteiger partial charge in [0.05, 0.1) is 6.42 Å². The lowest BCUT2D eigenvalue weighted by Gasteiger charge is -2.29. The van der Waals surface area contributed by atoms with Gasteiger partial charge in [0.1, 0.15) is 17.7 Å². The van der Waals surface area contributed by atoms with Crippen molar-refractivity contribution in [3.05, 3.63) is 71.3 Å². The maximum atomic E-state index is 13.2. The predicted molar refractivity (Wildman–Crippen MR) is 104 cm³/mol. The van der Waals surface area contributed by atoms with Crippen molar-refractivity contribution in [3.63, 3.8) is 0 Å². The van der Waals surface area contributed by atoms with E-state index in [4.69, 9.17) is 0 Å². The van der Waals surface area contributed by atoms with Crippen LogP contribution in [0.3, 0.4) is 0 Å². The third-order valence-electron chi connectivity index (χ3n) is 4.39. The van der Waals surface area contributed by atoms with E-state index in [1.807, 2.05) is 13.8 Å². The van der Waals surface area contributed by atoms with Gasteiger partial charge in [-0.3, -0.25) is 9.59 Å². The van der Waals surface area contributed by atoms with E-state index < -0.39 is 6.04 Å². The number of hydrogen-bond acceptors (Lipinski definition) is 2. The molecule has 4 nitrogen and oxygen atoms in total. The van der Waals surface area contributed by atoms with Crippen molar-refractivity contribution in [1.82, 2.24) is 10.2 Å². The van der Waals surface area contributed by atoms with Crippen molar-refractivity contribution in [2.45, 2.75) is 39.8 Å². The Kier molecular flexibility index (Phi) is 7.67. The summed E-state index contributed by atoms with van der Waals surface area (Å²) in [4.78, 5) is 26.9. The van der Waals surface area contributed by atoms with Gasteiger partial charge in [0.25, 0.3) is 0 Å². The molecule has 150 valence electrons. The first-order valence-electron chi connectivity index (χ1n) is 9.32. The van der Waals surface area contributed by atoms with Crippen LogP contribution in [0.25, 0.3) is 0 Å². The van der Waals surface area contributed by atoms with Crippen LogP contribution >= 0.6 is 0 Å². The van der Waals surface area contributed by atoms with Crippen LogP contribution in [0.15, 0.2) is 48.5 Å². The maximum Gasteiger partial charge on any atom is 0.242 e. The second-order valence-corrected chi connectivity index (χ2v) is 7.27. The molecule has 0 aromatic heterocycles. The number of benzene rings is 2. The molecule has 1 N–H and O–H groups in total. The van der Waals surface area contributed by atoms with Crippen molar-refractivity contribution in [1.29, 1.82) is 0 Å². The van der Waals surface area contributed by atoms with E-state index in [1.165, 1.54) is 29.2 Å². The number of nitrogens with one attached hydrogen (secondary N) is 1. The van der Waals surface area contributed by atoms with Crippen LogP contribution in [0.2, 0.25) is 0 Å². The lowest BCUT2D eigenvalue weighted by atomic mass is 10.1. The molecule has 0 aliphatic heterocycles. The van der Waals surface area contributed by atoms with E-state index in [9.17, 15) is 18.4 Å². The summed E-state index contributed by atoms with van der Waals surface area (Å²) in [6.07, 6.45) is 0.0449. The lowest BCUT2D eigenvalue weighted by Crippen LogP contribution is -2.48. The number of amides is 2. The Hall–Kier alpha value is -2.76. The van der Waals surface area contributed by atoms with E-state index >= 15 is 0 Å². The monoisotopic (exact) mass is 388 g/mol. The predicted octanol–water partition coefficient (Wildman–Crippen LogP) is 3.70. The van der Waals surface area contributed by atoms with Gasteiger partial charge in [-0.1, -0.05) is 38.1 Å². The quantitative estimate of drug-likeness (QED) is 0.750. The minimum absolute atomic E-state index is 0.0449. The summed E-state index contributed by atoms with van der Waals surface area (Å²) in [7, 11) is 0. The summed E-state index contributed by atoms with van der Waals surface area (Å²) >= 11 is 0. The Morgan fingerprint density at radius 1 is 0.893 bits per heavy atom. The maximum absolute atomic E-state index is 13.2. The van der Waals surface area contributed by atoms with Gasteiger partial charge in [-0.05, 0) is 48.2 Å². The highest BCUT2D eigenvalue weighted by atomic mass is 19.1. The number of halogens is 2. The Labute approximate surface area is 164 Å². The number of hydrogen-bond donors (Lipinski definition) is 1. The van der Waals surface area contributed by atoms with Crippen molar-refractivity contribution >= 4 is 11.8 Å². The first-order chi connectivity index (χ1) is 13.3. The van der Waals surface area contributed by atoms with Gasteiger partial charge in [-0.15, -0.1) is 0 Å². The average molecular weight is 388 g/mol. The van der Waals surface area contributed by atoms with E-state index in [2.05, 4.69) is 5.32 Å². The van der Waals surface area contributed by atoms with Crippen LogP contribution < -0.4 is 5.32 Å². The SMILES string of the molecule is CC(C)CNC(=O)C(C)N(Cc1ccc(F)cc1)C(=O)Cc1ccc(F)cc1. The molecule has 0 aliphatic rings. The zero-order valence-corrected chi connectivity index (χ0v) is 16.4. The minimum atomic E-state index is -0.697. The molecular weight excluding hydrogens is 362 g/mol. The minimum Gasteiger partial charge on any atom is -0.354 e. The molecule has 28 heavy (non-hydrogen) atoms. The molecule has 0 radical (unpaired) electrons. The van der Waals surface area contributed by atoms with Gasteiger partial charge < -0.3 is 10.2 Å². The highest BCUT2D eigenvalue weighted by Crippen LogP contribution is 2.14. The highest BCUT2D eigenvalue weighted by molar-refractivity contribution is 5.88. The summed E-state index contributed by atoms with van der Waals surface area (Å²) in [6.45, 7) is 6.33. The fraction of sp³-hybridized carbons (Fsp3) is 0.364. The van der Waals surface area contributed by atoms with Crippen LogP contribution in [-0.4, -0.2) is 29.3 Å². The average Bonchev–Trinajstić information content (AvgIpc) is 2.66. The molecule has 0 fully saturated rings. The Balaban J connectivity index is 2.18. The summed E-state index contributed by atoms with van der Waals surface area (Å²) < 4.78 is 26.3. The fourth-order valence-electron chi connectivity index (χ4n) is 2.70. The standard InChI is InChI=1S/C22H26F2N2O2/c1-15(2)13-25-22(28)16(3)26(14-18-6-10-20(24)11-7-18)21(27)12-17-4-8-19(23)9-5-17/h4-11,15-16H,12-14H2,1-3H3,(H,25,28). The summed E-state index contributed by atoms with van der Waals surface area (Å²) in [5.41, 5.74) is 1.38. The molecule has 0 heterocycles. The fourth-order valence-corrected chi connectivity index (χ4v) is 2.70. The van der Waals surface area contributed by atoms with Crippen molar-refractivity contribution in [3.8, 4) is 0 Å². The number of carbonyl (C=O) groups excluding carboxylic acids is 2. The Morgan fingerprint density at radius 2 is 1.39 bits per heavy atom. The number of carbonyl (C=O) groups is 2. The Bertz CT molecular complexity index is 789. The van der Waals surface area contributed by atoms with Crippen LogP contribution in [0.5, 0.6) is 0 Å². The molecule has 2 aromatic carbocycles. The summed E-state index contributed by atoms with van der Waals surface area (Å²) in [5, 5.41) is 2.84. The van der Waals surface area contributed by atoms with Gasteiger partial charge in [0, 0.05) is 13.1 Å². The molecule has 1 atom stereocenters. The van der Waals surface area contributed by atoms with E-state index in [1.54, 1.807) is 31.2 Å². The molecular formula is C22H26F2N2O2. The number of nitrogens with zero attached hydrogens (tertiary/aromatic N) is 1. The molecule has 0 bridgehead atoms. The van der Waals surface area contributed by atoms with Crippen molar-refractivity contribution in [2.24, 2.45) is 5.92 Å². The molecule has 0 spiro atoms. The van der Waals surface area contributed by atoms with Crippen LogP contribution in [0.1, 0.15) is 31.9 Å². The van der Waals surface area contributed by atoms with E-state index in [0.717, 1.165) is 5.56 Å². The van der Waals surface area contributed by atoms with Gasteiger partial charge >= 0.3 is 0 Å². The topological polar surface area (TPSA) is 49.4 Å². The molecule has 6 heteroatoms. The third-order valence-corrected chi connectivity index (χ3v) is 4.39. The van der Waals surface area contributed by atoms with E-state index in [-0.39, 0.29) is 42.3 Å². The molecule has 0 aliphatic carbocycles. The molecule has 0 saturated heterocycles. The normalized spacial score (nSPS) is 11.9. The lowest BCUT2D eigenvalue weighted by molar-refractivity contribution is -0.140. The van der Waals surface area contributed by atoms with Crippen molar-refractivity contribution in [2.75, 3.05) is 6.54 Å². The molecule has 2 amide bonds. The smallest absolute Gasteiger partial charge is 0.242 e. The zero-order chi connectivity index (χ0) is 20.7. The molecule has 2 rings (SSSR count). The highest BCUT2D eigenvalue weighted by Gasteiger charge is 2.26. The first kappa shape index (κ1) is 21.5. The second-order valence-electron chi connectivity index (χ2n) is 7.27.